The lowest BCUT2D eigenvalue weighted by Crippen LogP contribution is -2.65. The van der Waals surface area contributed by atoms with Crippen LogP contribution in [0.15, 0.2) is 5.57 Å². The fourth-order valence-corrected chi connectivity index (χ4v) is 3.75. The molecule has 17 heteroatoms. The summed E-state index contributed by atoms with van der Waals surface area (Å²) in [6.07, 6.45) is -9.75. The lowest BCUT2D eigenvalue weighted by atomic mass is 9.72. The molecule has 1 fully saturated rings. The van der Waals surface area contributed by atoms with Gasteiger partial charge in [-0.15, -0.1) is 0 Å². The van der Waals surface area contributed by atoms with E-state index < -0.39 is 93.2 Å². The van der Waals surface area contributed by atoms with E-state index in [-0.39, 0.29) is 0 Å². The van der Waals surface area contributed by atoms with Gasteiger partial charge in [0.15, 0.2) is 29.1 Å². The maximum Gasteiger partial charge on any atom is 0.414 e. The van der Waals surface area contributed by atoms with Crippen LogP contribution in [-0.4, -0.2) is 40.8 Å². The molecule has 0 unspecified atom stereocenters. The first-order valence-electron chi connectivity index (χ1n) is 7.97. The van der Waals surface area contributed by atoms with Crippen LogP contribution in [0.1, 0.15) is 11.1 Å². The number of carbonyl (C=O) groups is 1. The maximum absolute atomic E-state index is 14.2. The molecule has 0 spiro atoms. The van der Waals surface area contributed by atoms with Gasteiger partial charge in [0.2, 0.25) is 0 Å². The van der Waals surface area contributed by atoms with Crippen LogP contribution in [0.3, 0.4) is 0 Å². The number of benzene rings is 1. The van der Waals surface area contributed by atoms with E-state index in [1.165, 1.54) is 0 Å². The van der Waals surface area contributed by atoms with Gasteiger partial charge in [0, 0.05) is 17.6 Å². The monoisotopic (exact) mass is 512 g/mol. The number of carbonyl (C=O) groups excluding carboxylic acids is 1. The molecule has 0 aromatic heterocycles. The van der Waals surface area contributed by atoms with Gasteiger partial charge in [-0.1, -0.05) is 0 Å². The van der Waals surface area contributed by atoms with Crippen LogP contribution in [0, 0.1) is 28.7 Å². The molecule has 1 aromatic carbocycles. The Morgan fingerprint density at radius 2 is 1.09 bits per heavy atom. The average molecular weight is 512 g/mol. The second kappa shape index (κ2) is 6.28. The van der Waals surface area contributed by atoms with E-state index in [4.69, 9.17) is 0 Å². The summed E-state index contributed by atoms with van der Waals surface area (Å²) in [6, 6.07) is 0. The van der Waals surface area contributed by atoms with Gasteiger partial charge in [-0.25, -0.2) is 17.6 Å². The van der Waals surface area contributed by atoms with Gasteiger partial charge in [0.25, 0.3) is 5.41 Å². The second-order valence-corrected chi connectivity index (χ2v) is 6.99. The zero-order chi connectivity index (χ0) is 25.9. The van der Waals surface area contributed by atoms with E-state index in [9.17, 15) is 75.8 Å². The summed E-state index contributed by atoms with van der Waals surface area (Å²) in [5, 5.41) is 9.70. The van der Waals surface area contributed by atoms with Crippen molar-refractivity contribution in [1.29, 1.82) is 0 Å². The molecule has 0 amide bonds. The lowest BCUT2D eigenvalue weighted by Gasteiger charge is -2.38. The summed E-state index contributed by atoms with van der Waals surface area (Å²) in [7, 11) is 0. The maximum atomic E-state index is 14.2. The highest BCUT2D eigenvalue weighted by Gasteiger charge is 3.06. The third-order valence-electron chi connectivity index (χ3n) is 5.41. The quantitative estimate of drug-likeness (QED) is 0.312. The Hall–Kier alpha value is -2.62. The first-order chi connectivity index (χ1) is 14.6. The average Bonchev–Trinajstić information content (AvgIpc) is 3.02. The lowest BCUT2D eigenvalue weighted by molar-refractivity contribution is -0.341. The number of aliphatic hydroxyl groups is 1. The van der Waals surface area contributed by atoms with Crippen LogP contribution in [-0.2, 0) is 11.2 Å². The van der Waals surface area contributed by atoms with E-state index in [0.717, 1.165) is 0 Å². The van der Waals surface area contributed by atoms with E-state index in [1.807, 2.05) is 0 Å². The minimum absolute atomic E-state index is 1.76. The molecule has 33 heavy (non-hydrogen) atoms. The number of Topliss-reactive ketones (excluding diaryl/α,β-unsaturated/α-hetero) is 1. The predicted octanol–water partition coefficient (Wildman–Crippen LogP) is 5.74. The SMILES string of the molecule is O=C(C1=C(O)c2c(F)c(F)c(F)c(F)c2C1)C1(C(F)(F)F)C(F)(F)C(F)(F)C(F)(F)C1(F)F. The molecule has 0 atom stereocenters. The van der Waals surface area contributed by atoms with E-state index >= 15 is 0 Å². The molecule has 2 aliphatic rings. The van der Waals surface area contributed by atoms with Gasteiger partial charge >= 0.3 is 29.9 Å². The van der Waals surface area contributed by atoms with Crippen molar-refractivity contribution in [2.75, 3.05) is 0 Å². The third kappa shape index (κ3) is 2.32. The Bertz CT molecular complexity index is 1090. The van der Waals surface area contributed by atoms with Gasteiger partial charge in [0.1, 0.15) is 5.76 Å². The van der Waals surface area contributed by atoms with Crippen LogP contribution in [0.4, 0.5) is 65.9 Å². The number of rotatable bonds is 2. The summed E-state index contributed by atoms with van der Waals surface area (Å²) in [6.45, 7) is 0. The normalized spacial score (nSPS) is 24.2. The molecule has 1 aromatic rings. The van der Waals surface area contributed by atoms with Crippen molar-refractivity contribution in [2.24, 2.45) is 5.41 Å². The van der Waals surface area contributed by atoms with Crippen molar-refractivity contribution in [3.05, 3.63) is 40.0 Å². The Morgan fingerprint density at radius 3 is 1.48 bits per heavy atom. The van der Waals surface area contributed by atoms with Crippen LogP contribution in [0.5, 0.6) is 0 Å². The highest BCUT2D eigenvalue weighted by molar-refractivity contribution is 6.09. The molecular formula is C16H3F15O2. The zero-order valence-electron chi connectivity index (χ0n) is 14.7. The highest BCUT2D eigenvalue weighted by atomic mass is 19.4. The molecule has 2 aliphatic carbocycles. The molecule has 0 bridgehead atoms. The van der Waals surface area contributed by atoms with Gasteiger partial charge < -0.3 is 5.11 Å². The van der Waals surface area contributed by atoms with Gasteiger partial charge in [-0.05, 0) is 0 Å². The number of hydrogen-bond donors (Lipinski definition) is 1. The van der Waals surface area contributed by atoms with Crippen molar-refractivity contribution < 1.29 is 75.8 Å². The van der Waals surface area contributed by atoms with Crippen molar-refractivity contribution >= 4 is 11.5 Å². The predicted molar refractivity (Wildman–Crippen MR) is 72.8 cm³/mol. The summed E-state index contributed by atoms with van der Waals surface area (Å²) >= 11 is 0. The van der Waals surface area contributed by atoms with E-state index in [1.54, 1.807) is 0 Å². The molecule has 0 aliphatic heterocycles. The molecular weight excluding hydrogens is 509 g/mol. The molecule has 1 N–H and O–H groups in total. The van der Waals surface area contributed by atoms with Crippen molar-refractivity contribution in [1.82, 2.24) is 0 Å². The van der Waals surface area contributed by atoms with Crippen molar-refractivity contribution in [3.63, 3.8) is 0 Å². The first kappa shape index (κ1) is 25.0. The molecule has 0 radical (unpaired) electrons. The molecule has 0 saturated heterocycles. The number of allylic oxidation sites excluding steroid dienone is 1. The van der Waals surface area contributed by atoms with Crippen LogP contribution < -0.4 is 0 Å². The third-order valence-corrected chi connectivity index (χ3v) is 5.41. The number of ketones is 1. The fraction of sp³-hybridized carbons (Fsp3) is 0.438. The van der Waals surface area contributed by atoms with Gasteiger partial charge in [0.05, 0.1) is 5.56 Å². The summed E-state index contributed by atoms with van der Waals surface area (Å²) in [5.74, 6) is -47.3. The van der Waals surface area contributed by atoms with Crippen LogP contribution in [0.2, 0.25) is 0 Å². The van der Waals surface area contributed by atoms with Crippen molar-refractivity contribution in [3.8, 4) is 0 Å². The largest absolute Gasteiger partial charge is 0.507 e. The second-order valence-electron chi connectivity index (χ2n) is 6.99. The molecule has 3 rings (SSSR count). The molecule has 2 nitrogen and oxygen atoms in total. The number of fused-ring (bicyclic) bond motifs is 1. The van der Waals surface area contributed by atoms with Crippen LogP contribution in [0.25, 0.3) is 5.76 Å². The standard InChI is InChI=1S/C16H3F15O2/c17-5-2-1-3(9(32)4(2)6(18)8(20)7(5)19)10(33)11(16(29,30)31)12(21,22)14(25,26)15(27,28)13(11,23)24/h32H,1H2. The Balaban J connectivity index is 2.41. The van der Waals surface area contributed by atoms with Crippen molar-refractivity contribution in [2.45, 2.75) is 36.3 Å². The summed E-state index contributed by atoms with van der Waals surface area (Å²) in [4.78, 5) is 12.3. The smallest absolute Gasteiger partial charge is 0.414 e. The van der Waals surface area contributed by atoms with Gasteiger partial charge in [-0.3, -0.25) is 4.79 Å². The number of hydrogen-bond acceptors (Lipinski definition) is 2. The first-order valence-corrected chi connectivity index (χ1v) is 7.97. The number of aliphatic hydroxyl groups excluding tert-OH is 1. The summed E-state index contributed by atoms with van der Waals surface area (Å²) < 4.78 is 206. The van der Waals surface area contributed by atoms with Gasteiger partial charge in [-0.2, -0.15) is 48.3 Å². The zero-order valence-corrected chi connectivity index (χ0v) is 14.7. The number of halogens is 15. The summed E-state index contributed by atoms with van der Waals surface area (Å²) in [5.41, 5.74) is -13.6. The van der Waals surface area contributed by atoms with E-state index in [2.05, 4.69) is 0 Å². The minimum atomic E-state index is -7.60. The Labute approximate surface area is 170 Å². The molecule has 1 saturated carbocycles. The highest BCUT2D eigenvalue weighted by Crippen LogP contribution is 2.76. The molecule has 0 heterocycles. The number of alkyl halides is 11. The Kier molecular flexibility index (Phi) is 4.76. The minimum Gasteiger partial charge on any atom is -0.507 e. The molecule has 184 valence electrons. The fourth-order valence-electron chi connectivity index (χ4n) is 3.75. The van der Waals surface area contributed by atoms with Crippen LogP contribution >= 0.6 is 0 Å². The topological polar surface area (TPSA) is 37.3 Å². The Morgan fingerprint density at radius 1 is 0.697 bits per heavy atom. The van der Waals surface area contributed by atoms with E-state index in [0.29, 0.717) is 0 Å².